The number of anilines is 1. The Morgan fingerprint density at radius 2 is 1.85 bits per heavy atom. The van der Waals surface area contributed by atoms with Crippen LogP contribution >= 0.6 is 0 Å². The number of rotatable bonds is 6. The number of nitrogens with zero attached hydrogens (tertiary/aromatic N) is 1. The first-order valence-electron chi connectivity index (χ1n) is 8.03. The average molecular weight is 361 g/mol. The Kier molecular flexibility index (Phi) is 6.41. The van der Waals surface area contributed by atoms with Crippen molar-refractivity contribution in [3.05, 3.63) is 65.2 Å². The molecule has 26 heavy (non-hydrogen) atoms. The van der Waals surface area contributed by atoms with Gasteiger partial charge < -0.3 is 10.6 Å². The lowest BCUT2D eigenvalue weighted by Gasteiger charge is -2.23. The van der Waals surface area contributed by atoms with Crippen molar-refractivity contribution >= 4 is 17.5 Å². The van der Waals surface area contributed by atoms with Crippen molar-refractivity contribution in [2.24, 2.45) is 0 Å². The van der Waals surface area contributed by atoms with Crippen LogP contribution < -0.4 is 10.6 Å². The SMILES string of the molecule is Cc1ccc(NC(=O)CNC(=O)[C@H](c2cccc(F)c2)N(C)C)c(F)c1. The normalized spacial score (nSPS) is 11.9. The highest BCUT2D eigenvalue weighted by molar-refractivity contribution is 5.95. The number of aryl methyl sites for hydroxylation is 1. The number of amides is 2. The van der Waals surface area contributed by atoms with Crippen molar-refractivity contribution in [2.75, 3.05) is 26.0 Å². The topological polar surface area (TPSA) is 61.4 Å². The Bertz CT molecular complexity index is 809. The van der Waals surface area contributed by atoms with E-state index in [2.05, 4.69) is 10.6 Å². The molecule has 0 bridgehead atoms. The van der Waals surface area contributed by atoms with Crippen LogP contribution in [0.1, 0.15) is 17.2 Å². The van der Waals surface area contributed by atoms with Gasteiger partial charge in [0.2, 0.25) is 11.8 Å². The third kappa shape index (κ3) is 5.10. The van der Waals surface area contributed by atoms with Crippen LogP contribution in [0.3, 0.4) is 0 Å². The van der Waals surface area contributed by atoms with E-state index in [1.165, 1.54) is 30.3 Å². The summed E-state index contributed by atoms with van der Waals surface area (Å²) < 4.78 is 27.2. The number of carbonyl (C=O) groups excluding carboxylic acids is 2. The standard InChI is InChI=1S/C19H21F2N3O2/c1-12-7-8-16(15(21)9-12)23-17(25)11-22-19(26)18(24(2)3)13-5-4-6-14(20)10-13/h4-10,18H,11H2,1-3H3,(H,22,26)(H,23,25)/t18-/m0/s1. The van der Waals surface area contributed by atoms with E-state index in [9.17, 15) is 18.4 Å². The van der Waals surface area contributed by atoms with Gasteiger partial charge >= 0.3 is 0 Å². The maximum Gasteiger partial charge on any atom is 0.243 e. The molecule has 0 radical (unpaired) electrons. The quantitative estimate of drug-likeness (QED) is 0.832. The van der Waals surface area contributed by atoms with Gasteiger partial charge in [-0.25, -0.2) is 8.78 Å². The van der Waals surface area contributed by atoms with Crippen LogP contribution in [0.2, 0.25) is 0 Å². The minimum Gasteiger partial charge on any atom is -0.345 e. The van der Waals surface area contributed by atoms with Crippen LogP contribution in [0, 0.1) is 18.6 Å². The largest absolute Gasteiger partial charge is 0.345 e. The van der Waals surface area contributed by atoms with Crippen molar-refractivity contribution in [3.8, 4) is 0 Å². The van der Waals surface area contributed by atoms with E-state index in [1.807, 2.05) is 0 Å². The third-order valence-electron chi connectivity index (χ3n) is 3.75. The number of nitrogens with one attached hydrogen (secondary N) is 2. The monoisotopic (exact) mass is 361 g/mol. The Morgan fingerprint density at radius 3 is 2.46 bits per heavy atom. The minimum atomic E-state index is -0.755. The molecule has 0 fully saturated rings. The summed E-state index contributed by atoms with van der Waals surface area (Å²) in [6.07, 6.45) is 0. The zero-order valence-corrected chi connectivity index (χ0v) is 14.8. The van der Waals surface area contributed by atoms with Gasteiger partial charge in [-0.1, -0.05) is 18.2 Å². The van der Waals surface area contributed by atoms with E-state index in [-0.39, 0.29) is 12.2 Å². The molecular weight excluding hydrogens is 340 g/mol. The van der Waals surface area contributed by atoms with Gasteiger partial charge in [-0.3, -0.25) is 14.5 Å². The summed E-state index contributed by atoms with van der Waals surface area (Å²) in [5.41, 5.74) is 1.25. The second-order valence-corrected chi connectivity index (χ2v) is 6.17. The molecule has 0 aliphatic heterocycles. The smallest absolute Gasteiger partial charge is 0.243 e. The molecular formula is C19H21F2N3O2. The molecule has 2 amide bonds. The molecule has 0 aliphatic carbocycles. The first-order valence-corrected chi connectivity index (χ1v) is 8.03. The zero-order chi connectivity index (χ0) is 19.3. The summed E-state index contributed by atoms with van der Waals surface area (Å²) in [5.74, 6) is -2.01. The summed E-state index contributed by atoms with van der Waals surface area (Å²) >= 11 is 0. The van der Waals surface area contributed by atoms with Gasteiger partial charge in [-0.2, -0.15) is 0 Å². The van der Waals surface area contributed by atoms with E-state index in [1.54, 1.807) is 38.1 Å². The summed E-state index contributed by atoms with van der Waals surface area (Å²) in [6.45, 7) is 1.41. The molecule has 1 atom stereocenters. The number of hydrogen-bond donors (Lipinski definition) is 2. The lowest BCUT2D eigenvalue weighted by atomic mass is 10.1. The molecule has 0 aliphatic rings. The molecule has 0 saturated carbocycles. The van der Waals surface area contributed by atoms with Gasteiger partial charge in [0.1, 0.15) is 17.7 Å². The van der Waals surface area contributed by atoms with Crippen LogP contribution in [0.4, 0.5) is 14.5 Å². The highest BCUT2D eigenvalue weighted by Gasteiger charge is 2.23. The van der Waals surface area contributed by atoms with Crippen molar-refractivity contribution < 1.29 is 18.4 Å². The lowest BCUT2D eigenvalue weighted by molar-refractivity contribution is -0.127. The van der Waals surface area contributed by atoms with Crippen molar-refractivity contribution in [1.29, 1.82) is 0 Å². The Hall–Kier alpha value is -2.80. The number of benzene rings is 2. The van der Waals surface area contributed by atoms with Gasteiger partial charge in [0.25, 0.3) is 0 Å². The molecule has 0 aromatic heterocycles. The van der Waals surface area contributed by atoms with Gasteiger partial charge in [0, 0.05) is 0 Å². The number of hydrogen-bond acceptors (Lipinski definition) is 3. The fraction of sp³-hybridized carbons (Fsp3) is 0.263. The van der Waals surface area contributed by atoms with Crippen molar-refractivity contribution in [1.82, 2.24) is 10.2 Å². The van der Waals surface area contributed by atoms with Gasteiger partial charge in [0.05, 0.1) is 12.2 Å². The summed E-state index contributed by atoms with van der Waals surface area (Å²) in [4.78, 5) is 26.0. The highest BCUT2D eigenvalue weighted by atomic mass is 19.1. The number of halogens is 2. The van der Waals surface area contributed by atoms with Gasteiger partial charge in [-0.05, 0) is 56.4 Å². The zero-order valence-electron chi connectivity index (χ0n) is 14.8. The first-order chi connectivity index (χ1) is 12.3. The fourth-order valence-corrected chi connectivity index (χ4v) is 2.54. The molecule has 0 heterocycles. The molecule has 0 spiro atoms. The van der Waals surface area contributed by atoms with E-state index < -0.39 is 29.5 Å². The molecule has 2 aromatic rings. The van der Waals surface area contributed by atoms with Crippen molar-refractivity contribution in [3.63, 3.8) is 0 Å². The molecule has 5 nitrogen and oxygen atoms in total. The van der Waals surface area contributed by atoms with E-state index >= 15 is 0 Å². The number of carbonyl (C=O) groups is 2. The predicted molar refractivity (Wildman–Crippen MR) is 95.6 cm³/mol. The second-order valence-electron chi connectivity index (χ2n) is 6.17. The van der Waals surface area contributed by atoms with Crippen molar-refractivity contribution in [2.45, 2.75) is 13.0 Å². The van der Waals surface area contributed by atoms with Crippen LogP contribution in [0.15, 0.2) is 42.5 Å². The van der Waals surface area contributed by atoms with Crippen LogP contribution in [-0.2, 0) is 9.59 Å². The van der Waals surface area contributed by atoms with Crippen LogP contribution in [0.5, 0.6) is 0 Å². The maximum absolute atomic E-state index is 13.8. The van der Waals surface area contributed by atoms with E-state index in [4.69, 9.17) is 0 Å². The molecule has 138 valence electrons. The number of likely N-dealkylation sites (N-methyl/N-ethyl adjacent to an activating group) is 1. The molecule has 2 rings (SSSR count). The Balaban J connectivity index is 2.00. The summed E-state index contributed by atoms with van der Waals surface area (Å²) in [5, 5.41) is 4.90. The van der Waals surface area contributed by atoms with E-state index in [0.717, 1.165) is 5.56 Å². The second kappa shape index (κ2) is 8.53. The third-order valence-corrected chi connectivity index (χ3v) is 3.75. The molecule has 0 unspecified atom stereocenters. The molecule has 2 aromatic carbocycles. The van der Waals surface area contributed by atoms with Crippen LogP contribution in [0.25, 0.3) is 0 Å². The molecule has 2 N–H and O–H groups in total. The maximum atomic E-state index is 13.8. The predicted octanol–water partition coefficient (Wildman–Crippen LogP) is 2.63. The van der Waals surface area contributed by atoms with Crippen LogP contribution in [-0.4, -0.2) is 37.4 Å². The first kappa shape index (κ1) is 19.5. The molecule has 0 saturated heterocycles. The molecule has 7 heteroatoms. The van der Waals surface area contributed by atoms with Gasteiger partial charge in [-0.15, -0.1) is 0 Å². The summed E-state index contributed by atoms with van der Waals surface area (Å²) in [7, 11) is 3.35. The van der Waals surface area contributed by atoms with Gasteiger partial charge in [0.15, 0.2) is 0 Å². The average Bonchev–Trinajstić information content (AvgIpc) is 2.55. The van der Waals surface area contributed by atoms with E-state index in [0.29, 0.717) is 5.56 Å². The lowest BCUT2D eigenvalue weighted by Crippen LogP contribution is -2.40. The Morgan fingerprint density at radius 1 is 1.12 bits per heavy atom. The Labute approximate surface area is 151 Å². The highest BCUT2D eigenvalue weighted by Crippen LogP contribution is 2.19. The summed E-state index contributed by atoms with van der Waals surface area (Å²) in [6, 6.07) is 9.39. The minimum absolute atomic E-state index is 0.0455. The fourth-order valence-electron chi connectivity index (χ4n) is 2.54.